The van der Waals surface area contributed by atoms with Crippen LogP contribution in [0.25, 0.3) is 0 Å². The van der Waals surface area contributed by atoms with Crippen LogP contribution < -0.4 is 0 Å². The Hall–Kier alpha value is -0.0800. The lowest BCUT2D eigenvalue weighted by molar-refractivity contribution is 0.0113. The highest BCUT2D eigenvalue weighted by molar-refractivity contribution is 4.74. The second-order valence-corrected chi connectivity index (χ2v) is 3.41. The fraction of sp³-hybridized carbons (Fsp3) is 1.00. The molecule has 2 nitrogen and oxygen atoms in total. The van der Waals surface area contributed by atoms with Crippen LogP contribution in [0.5, 0.6) is 0 Å². The van der Waals surface area contributed by atoms with Crippen molar-refractivity contribution >= 4 is 0 Å². The molecule has 0 aromatic carbocycles. The molecule has 0 aromatic rings. The second-order valence-electron chi connectivity index (χ2n) is 3.41. The first-order valence-corrected chi connectivity index (χ1v) is 4.06. The summed E-state index contributed by atoms with van der Waals surface area (Å²) in [5.41, 5.74) is 0. The smallest absolute Gasteiger partial charge is 0.0801 e. The Morgan fingerprint density at radius 1 is 1.10 bits per heavy atom. The van der Waals surface area contributed by atoms with E-state index in [1.54, 1.807) is 0 Å². The van der Waals surface area contributed by atoms with Crippen molar-refractivity contribution in [2.45, 2.75) is 44.8 Å². The molecule has 0 bridgehead atoms. The van der Waals surface area contributed by atoms with Gasteiger partial charge in [0.25, 0.3) is 0 Å². The van der Waals surface area contributed by atoms with E-state index in [1.165, 1.54) is 0 Å². The van der Waals surface area contributed by atoms with Crippen molar-refractivity contribution in [2.24, 2.45) is 5.92 Å². The molecule has 0 aromatic heterocycles. The molecule has 0 spiro atoms. The van der Waals surface area contributed by atoms with Gasteiger partial charge in [-0.2, -0.15) is 0 Å². The zero-order valence-corrected chi connectivity index (χ0v) is 6.45. The van der Waals surface area contributed by atoms with Crippen LogP contribution in [0, 0.1) is 5.92 Å². The van der Waals surface area contributed by atoms with E-state index >= 15 is 0 Å². The Morgan fingerprint density at radius 2 is 1.80 bits per heavy atom. The van der Waals surface area contributed by atoms with Gasteiger partial charge in [-0.05, 0) is 18.8 Å². The summed E-state index contributed by atoms with van der Waals surface area (Å²) in [5.74, 6) is 0.576. The van der Waals surface area contributed by atoms with Gasteiger partial charge in [-0.1, -0.05) is 19.8 Å². The fourth-order valence-electron chi connectivity index (χ4n) is 1.56. The van der Waals surface area contributed by atoms with Crippen molar-refractivity contribution in [3.05, 3.63) is 0 Å². The van der Waals surface area contributed by atoms with E-state index in [0.29, 0.717) is 5.92 Å². The molecule has 3 unspecified atom stereocenters. The van der Waals surface area contributed by atoms with Crippen LogP contribution in [0.2, 0.25) is 0 Å². The van der Waals surface area contributed by atoms with Crippen LogP contribution in [0.15, 0.2) is 0 Å². The first-order chi connectivity index (χ1) is 4.70. The highest BCUT2D eigenvalue weighted by atomic mass is 16.3. The van der Waals surface area contributed by atoms with E-state index in [0.717, 1.165) is 25.7 Å². The van der Waals surface area contributed by atoms with Gasteiger partial charge in [0.05, 0.1) is 12.2 Å². The van der Waals surface area contributed by atoms with E-state index < -0.39 is 12.2 Å². The van der Waals surface area contributed by atoms with E-state index in [2.05, 4.69) is 6.92 Å². The average molecular weight is 144 g/mol. The second kappa shape index (κ2) is 3.35. The van der Waals surface area contributed by atoms with Crippen LogP contribution in [0.3, 0.4) is 0 Å². The minimum absolute atomic E-state index is 0.468. The lowest BCUT2D eigenvalue weighted by Gasteiger charge is -2.14. The molecule has 1 saturated carbocycles. The lowest BCUT2D eigenvalue weighted by atomic mass is 10.0. The summed E-state index contributed by atoms with van der Waals surface area (Å²) in [6.07, 6.45) is 2.79. The molecule has 0 heterocycles. The SMILES string of the molecule is CC1CCCC(O)C(O)C1. The Kier molecular flexibility index (Phi) is 2.69. The number of rotatable bonds is 0. The first kappa shape index (κ1) is 8.02. The summed E-state index contributed by atoms with van der Waals surface area (Å²) in [5, 5.41) is 18.5. The third-order valence-electron chi connectivity index (χ3n) is 2.28. The minimum Gasteiger partial charge on any atom is -0.390 e. The van der Waals surface area contributed by atoms with Gasteiger partial charge >= 0.3 is 0 Å². The monoisotopic (exact) mass is 144 g/mol. The standard InChI is InChI=1S/C8H16O2/c1-6-3-2-4-7(9)8(10)5-6/h6-10H,2-5H2,1H3. The predicted molar refractivity (Wildman–Crippen MR) is 39.6 cm³/mol. The van der Waals surface area contributed by atoms with Gasteiger partial charge in [0.1, 0.15) is 0 Å². The fourth-order valence-corrected chi connectivity index (χ4v) is 1.56. The maximum atomic E-state index is 9.28. The maximum absolute atomic E-state index is 9.28. The number of aliphatic hydroxyl groups is 2. The van der Waals surface area contributed by atoms with Gasteiger partial charge in [-0.15, -0.1) is 0 Å². The summed E-state index contributed by atoms with van der Waals surface area (Å²) in [7, 11) is 0. The summed E-state index contributed by atoms with van der Waals surface area (Å²) in [6, 6.07) is 0. The molecule has 1 aliphatic rings. The summed E-state index contributed by atoms with van der Waals surface area (Å²) < 4.78 is 0. The molecule has 1 fully saturated rings. The Morgan fingerprint density at radius 3 is 2.50 bits per heavy atom. The lowest BCUT2D eigenvalue weighted by Crippen LogP contribution is -2.24. The molecule has 2 N–H and O–H groups in total. The van der Waals surface area contributed by atoms with Crippen LogP contribution in [-0.4, -0.2) is 22.4 Å². The Labute approximate surface area is 61.9 Å². The Bertz CT molecular complexity index is 103. The minimum atomic E-state index is -0.475. The van der Waals surface area contributed by atoms with E-state index in [4.69, 9.17) is 0 Å². The molecule has 1 aliphatic carbocycles. The van der Waals surface area contributed by atoms with Gasteiger partial charge in [0.2, 0.25) is 0 Å². The largest absolute Gasteiger partial charge is 0.390 e. The summed E-state index contributed by atoms with van der Waals surface area (Å²) in [4.78, 5) is 0. The van der Waals surface area contributed by atoms with Crippen LogP contribution >= 0.6 is 0 Å². The van der Waals surface area contributed by atoms with Crippen molar-refractivity contribution in [2.75, 3.05) is 0 Å². The molecule has 0 aliphatic heterocycles. The zero-order chi connectivity index (χ0) is 7.56. The summed E-state index contributed by atoms with van der Waals surface area (Å²) >= 11 is 0. The average Bonchev–Trinajstić information content (AvgIpc) is 1.96. The first-order valence-electron chi connectivity index (χ1n) is 4.06. The third kappa shape index (κ3) is 1.96. The molecular weight excluding hydrogens is 128 g/mol. The van der Waals surface area contributed by atoms with Gasteiger partial charge in [-0.25, -0.2) is 0 Å². The normalized spacial score (nSPS) is 42.9. The molecule has 0 radical (unpaired) electrons. The molecule has 1 rings (SSSR count). The van der Waals surface area contributed by atoms with E-state index in [1.807, 2.05) is 0 Å². The summed E-state index contributed by atoms with van der Waals surface area (Å²) in [6.45, 7) is 2.13. The van der Waals surface area contributed by atoms with E-state index in [9.17, 15) is 10.2 Å². The van der Waals surface area contributed by atoms with Gasteiger partial charge in [0, 0.05) is 0 Å². The third-order valence-corrected chi connectivity index (χ3v) is 2.28. The van der Waals surface area contributed by atoms with E-state index in [-0.39, 0.29) is 0 Å². The Balaban J connectivity index is 2.41. The maximum Gasteiger partial charge on any atom is 0.0801 e. The topological polar surface area (TPSA) is 40.5 Å². The molecule has 2 heteroatoms. The van der Waals surface area contributed by atoms with Crippen molar-refractivity contribution in [1.82, 2.24) is 0 Å². The van der Waals surface area contributed by atoms with Crippen molar-refractivity contribution in [3.63, 3.8) is 0 Å². The van der Waals surface area contributed by atoms with Gasteiger partial charge in [0.15, 0.2) is 0 Å². The van der Waals surface area contributed by atoms with Crippen LogP contribution in [0.1, 0.15) is 32.6 Å². The van der Waals surface area contributed by atoms with Gasteiger partial charge < -0.3 is 10.2 Å². The highest BCUT2D eigenvalue weighted by Crippen LogP contribution is 2.22. The van der Waals surface area contributed by atoms with Crippen molar-refractivity contribution < 1.29 is 10.2 Å². The van der Waals surface area contributed by atoms with Crippen LogP contribution in [0.4, 0.5) is 0 Å². The zero-order valence-electron chi connectivity index (χ0n) is 6.45. The quantitative estimate of drug-likeness (QED) is 0.496. The number of hydrogen-bond acceptors (Lipinski definition) is 2. The van der Waals surface area contributed by atoms with Gasteiger partial charge in [-0.3, -0.25) is 0 Å². The molecular formula is C8H16O2. The molecule has 0 amide bonds. The number of aliphatic hydroxyl groups excluding tert-OH is 2. The predicted octanol–water partition coefficient (Wildman–Crippen LogP) is 0.918. The molecule has 60 valence electrons. The van der Waals surface area contributed by atoms with Crippen molar-refractivity contribution in [3.8, 4) is 0 Å². The highest BCUT2D eigenvalue weighted by Gasteiger charge is 2.22. The van der Waals surface area contributed by atoms with Crippen LogP contribution in [-0.2, 0) is 0 Å². The van der Waals surface area contributed by atoms with Crippen molar-refractivity contribution in [1.29, 1.82) is 0 Å². The number of hydrogen-bond donors (Lipinski definition) is 2. The molecule has 10 heavy (non-hydrogen) atoms. The molecule has 0 saturated heterocycles. The molecule has 3 atom stereocenters.